The van der Waals surface area contributed by atoms with E-state index in [4.69, 9.17) is 28.4 Å². The zero-order valence-corrected chi connectivity index (χ0v) is 17.8. The molecule has 0 aliphatic carbocycles. The van der Waals surface area contributed by atoms with Gasteiger partial charge in [-0.1, -0.05) is 12.1 Å². The van der Waals surface area contributed by atoms with E-state index in [0.717, 1.165) is 0 Å². The van der Waals surface area contributed by atoms with E-state index in [1.54, 1.807) is 19.2 Å². The minimum Gasteiger partial charge on any atom is -0.464 e. The summed E-state index contributed by atoms with van der Waals surface area (Å²) in [6, 6.07) is 7.59. The summed E-state index contributed by atoms with van der Waals surface area (Å²) in [5.41, 5.74) is 0.627. The molecule has 0 bridgehead atoms. The Bertz CT molecular complexity index is 965. The van der Waals surface area contributed by atoms with Gasteiger partial charge in [-0.05, 0) is 23.8 Å². The lowest BCUT2D eigenvalue weighted by Crippen LogP contribution is -2.20. The number of halogens is 1. The second-order valence-corrected chi connectivity index (χ2v) is 6.59. The van der Waals surface area contributed by atoms with Gasteiger partial charge in [-0.2, -0.15) is 0 Å². The summed E-state index contributed by atoms with van der Waals surface area (Å²) in [6.45, 7) is 0.877. The summed E-state index contributed by atoms with van der Waals surface area (Å²) in [7, 11) is 3.07. The van der Waals surface area contributed by atoms with Crippen LogP contribution in [0, 0.1) is 5.82 Å². The van der Waals surface area contributed by atoms with Gasteiger partial charge in [0.25, 0.3) is 11.8 Å². The standard InChI is InChI=1S/C22H24FNO8/c1-27-8-10-29-12-31-17-7-6-15(19(23)20(17)32-13-30-11-9-28-2)14-4-3-5-16-18(14)22(26)24-21(16)25/h3-7H,8-13H2,1-2H3,(H,24,25,26). The number of hydrogen-bond acceptors (Lipinski definition) is 8. The fourth-order valence-electron chi connectivity index (χ4n) is 3.05. The summed E-state index contributed by atoms with van der Waals surface area (Å²) in [5.74, 6) is -2.00. The van der Waals surface area contributed by atoms with Gasteiger partial charge < -0.3 is 28.4 Å². The van der Waals surface area contributed by atoms with Crippen LogP contribution >= 0.6 is 0 Å². The molecule has 2 amide bonds. The molecule has 0 atom stereocenters. The van der Waals surface area contributed by atoms with Gasteiger partial charge in [-0.3, -0.25) is 14.9 Å². The number of carbonyl (C=O) groups excluding carboxylic acids is 2. The lowest BCUT2D eigenvalue weighted by molar-refractivity contribution is -0.0220. The van der Waals surface area contributed by atoms with Crippen LogP contribution in [0.4, 0.5) is 4.39 Å². The maximum atomic E-state index is 15.6. The molecule has 0 fully saturated rings. The van der Waals surface area contributed by atoms with Crippen molar-refractivity contribution in [2.24, 2.45) is 0 Å². The summed E-state index contributed by atoms with van der Waals surface area (Å²) in [6.07, 6.45) is 0. The minimum atomic E-state index is -0.768. The molecule has 0 radical (unpaired) electrons. The number of benzene rings is 2. The maximum absolute atomic E-state index is 15.6. The van der Waals surface area contributed by atoms with Crippen molar-refractivity contribution in [1.82, 2.24) is 5.32 Å². The van der Waals surface area contributed by atoms with Gasteiger partial charge in [-0.25, -0.2) is 4.39 Å². The van der Waals surface area contributed by atoms with Crippen LogP contribution in [0.25, 0.3) is 11.1 Å². The topological polar surface area (TPSA) is 102 Å². The number of methoxy groups -OCH3 is 2. The second kappa shape index (κ2) is 11.5. The van der Waals surface area contributed by atoms with Crippen LogP contribution < -0.4 is 14.8 Å². The summed E-state index contributed by atoms with van der Waals surface area (Å²) < 4.78 is 46.9. The molecule has 32 heavy (non-hydrogen) atoms. The van der Waals surface area contributed by atoms with Crippen LogP contribution in [0.1, 0.15) is 20.7 Å². The molecule has 3 rings (SSSR count). The normalized spacial score (nSPS) is 12.6. The highest BCUT2D eigenvalue weighted by Crippen LogP contribution is 2.39. The number of amides is 2. The average Bonchev–Trinajstić information content (AvgIpc) is 3.09. The number of imide groups is 1. The number of rotatable bonds is 13. The quantitative estimate of drug-likeness (QED) is 0.283. The van der Waals surface area contributed by atoms with Gasteiger partial charge >= 0.3 is 0 Å². The smallest absolute Gasteiger partial charge is 0.259 e. The summed E-state index contributed by atoms with van der Waals surface area (Å²) in [5, 5.41) is 2.22. The van der Waals surface area contributed by atoms with Gasteiger partial charge in [0.15, 0.2) is 25.2 Å². The van der Waals surface area contributed by atoms with Crippen molar-refractivity contribution in [2.75, 3.05) is 54.2 Å². The zero-order chi connectivity index (χ0) is 22.9. The van der Waals surface area contributed by atoms with Gasteiger partial charge in [-0.15, -0.1) is 0 Å². The highest BCUT2D eigenvalue weighted by molar-refractivity contribution is 6.24. The Balaban J connectivity index is 1.89. The van der Waals surface area contributed by atoms with E-state index in [2.05, 4.69) is 5.32 Å². The molecule has 1 aliphatic rings. The van der Waals surface area contributed by atoms with E-state index in [9.17, 15) is 9.59 Å². The average molecular weight is 449 g/mol. The molecule has 0 spiro atoms. The fourth-order valence-corrected chi connectivity index (χ4v) is 3.05. The number of carbonyl (C=O) groups is 2. The predicted molar refractivity (Wildman–Crippen MR) is 110 cm³/mol. The third kappa shape index (κ3) is 5.40. The first-order valence-corrected chi connectivity index (χ1v) is 9.79. The van der Waals surface area contributed by atoms with Crippen molar-refractivity contribution in [3.8, 4) is 22.6 Å². The Morgan fingerprint density at radius 3 is 2.12 bits per heavy atom. The zero-order valence-electron chi connectivity index (χ0n) is 17.8. The minimum absolute atomic E-state index is 0.0752. The SMILES string of the molecule is COCCOCOc1ccc(-c2cccc3c2C(=O)NC3=O)c(F)c1OCOCCOC. The number of fused-ring (bicyclic) bond motifs is 1. The lowest BCUT2D eigenvalue weighted by atomic mass is 9.96. The Hall–Kier alpha value is -3.05. The first kappa shape index (κ1) is 23.6. The fraction of sp³-hybridized carbons (Fsp3) is 0.364. The molecule has 2 aromatic carbocycles. The van der Waals surface area contributed by atoms with Crippen molar-refractivity contribution in [2.45, 2.75) is 0 Å². The van der Waals surface area contributed by atoms with Gasteiger partial charge in [0, 0.05) is 19.8 Å². The molecule has 0 aromatic heterocycles. The molecule has 1 aliphatic heterocycles. The summed E-state index contributed by atoms with van der Waals surface area (Å²) in [4.78, 5) is 24.2. The van der Waals surface area contributed by atoms with Crippen LogP contribution in [0.15, 0.2) is 30.3 Å². The third-order valence-corrected chi connectivity index (χ3v) is 4.56. The van der Waals surface area contributed by atoms with Gasteiger partial charge in [0.05, 0.1) is 37.6 Å². The Labute approximate surface area is 184 Å². The molecule has 1 N–H and O–H groups in total. The molecule has 2 aromatic rings. The monoisotopic (exact) mass is 449 g/mol. The van der Waals surface area contributed by atoms with E-state index < -0.39 is 17.6 Å². The molecule has 10 heteroatoms. The molecule has 0 unspecified atom stereocenters. The Morgan fingerprint density at radius 2 is 1.44 bits per heavy atom. The molecule has 172 valence electrons. The largest absolute Gasteiger partial charge is 0.464 e. The number of hydrogen-bond donors (Lipinski definition) is 1. The van der Waals surface area contributed by atoms with E-state index in [1.165, 1.54) is 25.3 Å². The Morgan fingerprint density at radius 1 is 0.781 bits per heavy atom. The molecular weight excluding hydrogens is 425 g/mol. The van der Waals surface area contributed by atoms with Crippen LogP contribution in [0.5, 0.6) is 11.5 Å². The van der Waals surface area contributed by atoms with Crippen LogP contribution in [0.2, 0.25) is 0 Å². The highest BCUT2D eigenvalue weighted by atomic mass is 19.1. The van der Waals surface area contributed by atoms with E-state index in [-0.39, 0.29) is 53.9 Å². The number of ether oxygens (including phenoxy) is 6. The molecule has 0 saturated carbocycles. The molecule has 1 heterocycles. The van der Waals surface area contributed by atoms with E-state index in [0.29, 0.717) is 19.8 Å². The third-order valence-electron chi connectivity index (χ3n) is 4.56. The highest BCUT2D eigenvalue weighted by Gasteiger charge is 2.31. The molecular formula is C22H24FNO8. The van der Waals surface area contributed by atoms with Crippen LogP contribution in [-0.2, 0) is 18.9 Å². The first-order valence-electron chi connectivity index (χ1n) is 9.79. The number of nitrogens with one attached hydrogen (secondary N) is 1. The predicted octanol–water partition coefficient (Wildman–Crippen LogP) is 2.37. The molecule has 9 nitrogen and oxygen atoms in total. The second-order valence-electron chi connectivity index (χ2n) is 6.59. The molecule has 0 saturated heterocycles. The van der Waals surface area contributed by atoms with Crippen molar-refractivity contribution < 1.29 is 42.4 Å². The first-order chi connectivity index (χ1) is 15.6. The van der Waals surface area contributed by atoms with E-state index in [1.807, 2.05) is 0 Å². The van der Waals surface area contributed by atoms with Crippen LogP contribution in [-0.4, -0.2) is 66.0 Å². The lowest BCUT2D eigenvalue weighted by Gasteiger charge is -2.16. The maximum Gasteiger partial charge on any atom is 0.259 e. The Kier molecular flexibility index (Phi) is 8.51. The van der Waals surface area contributed by atoms with Crippen molar-refractivity contribution in [3.05, 3.63) is 47.3 Å². The van der Waals surface area contributed by atoms with Crippen molar-refractivity contribution in [1.29, 1.82) is 0 Å². The summed E-state index contributed by atoms with van der Waals surface area (Å²) >= 11 is 0. The van der Waals surface area contributed by atoms with Crippen molar-refractivity contribution >= 4 is 11.8 Å². The van der Waals surface area contributed by atoms with Gasteiger partial charge in [0.1, 0.15) is 0 Å². The van der Waals surface area contributed by atoms with Crippen LogP contribution in [0.3, 0.4) is 0 Å². The van der Waals surface area contributed by atoms with Crippen molar-refractivity contribution in [3.63, 3.8) is 0 Å². The van der Waals surface area contributed by atoms with Gasteiger partial charge in [0.2, 0.25) is 5.75 Å². The van der Waals surface area contributed by atoms with E-state index >= 15 is 4.39 Å².